The van der Waals surface area contributed by atoms with Crippen LogP contribution in [0.4, 0.5) is 5.82 Å². The second kappa shape index (κ2) is 5.07. The van der Waals surface area contributed by atoms with Gasteiger partial charge in [0.1, 0.15) is 0 Å². The number of oxazole rings is 1. The Kier molecular flexibility index (Phi) is 3.16. The molecule has 3 aromatic heterocycles. The predicted octanol–water partition coefficient (Wildman–Crippen LogP) is 2.48. The third-order valence-corrected chi connectivity index (χ3v) is 4.25. The van der Waals surface area contributed by atoms with Crippen LogP contribution in [0, 0.1) is 6.92 Å². The molecule has 0 N–H and O–H groups in total. The fourth-order valence-corrected chi connectivity index (χ4v) is 3.00. The number of rotatable bonds is 1. The molecule has 7 heteroatoms. The highest BCUT2D eigenvalue weighted by Crippen LogP contribution is 2.32. The minimum absolute atomic E-state index is 0.567. The maximum Gasteiger partial charge on any atom is 0.192 e. The van der Waals surface area contributed by atoms with Gasteiger partial charge in [0.25, 0.3) is 0 Å². The molecule has 4 heterocycles. The lowest BCUT2D eigenvalue weighted by molar-refractivity contribution is 0.312. The smallest absolute Gasteiger partial charge is 0.192 e. The van der Waals surface area contributed by atoms with Crippen molar-refractivity contribution in [1.82, 2.24) is 19.9 Å². The molecular formula is C15H16ClN5O. The summed E-state index contributed by atoms with van der Waals surface area (Å²) in [5.41, 5.74) is 2.15. The molecular weight excluding hydrogens is 302 g/mol. The molecule has 0 saturated carbocycles. The van der Waals surface area contributed by atoms with E-state index in [0.29, 0.717) is 22.1 Å². The van der Waals surface area contributed by atoms with E-state index in [4.69, 9.17) is 21.0 Å². The summed E-state index contributed by atoms with van der Waals surface area (Å²) >= 11 is 6.06. The van der Waals surface area contributed by atoms with Crippen molar-refractivity contribution in [1.29, 1.82) is 0 Å². The Bertz CT molecular complexity index is 854. The van der Waals surface area contributed by atoms with Gasteiger partial charge in [-0.2, -0.15) is 0 Å². The van der Waals surface area contributed by atoms with Crippen molar-refractivity contribution in [3.05, 3.63) is 23.2 Å². The summed E-state index contributed by atoms with van der Waals surface area (Å²) in [5.74, 6) is 1.47. The van der Waals surface area contributed by atoms with Crippen molar-refractivity contribution in [2.45, 2.75) is 6.92 Å². The van der Waals surface area contributed by atoms with Crippen molar-refractivity contribution < 1.29 is 4.42 Å². The second-order valence-electron chi connectivity index (χ2n) is 5.66. The van der Waals surface area contributed by atoms with Crippen LogP contribution in [-0.4, -0.2) is 53.1 Å². The summed E-state index contributed by atoms with van der Waals surface area (Å²) in [6.45, 7) is 5.70. The average molecular weight is 318 g/mol. The number of aryl methyl sites for hydroxylation is 1. The number of aromatic nitrogens is 3. The molecule has 0 atom stereocenters. The maximum absolute atomic E-state index is 6.06. The quantitative estimate of drug-likeness (QED) is 0.687. The van der Waals surface area contributed by atoms with Gasteiger partial charge in [-0.25, -0.2) is 15.0 Å². The summed E-state index contributed by atoms with van der Waals surface area (Å²) in [7, 11) is 2.13. The van der Waals surface area contributed by atoms with E-state index in [9.17, 15) is 0 Å². The number of anilines is 1. The molecule has 1 aliphatic rings. The van der Waals surface area contributed by atoms with Crippen molar-refractivity contribution in [3.8, 4) is 0 Å². The highest BCUT2D eigenvalue weighted by molar-refractivity contribution is 6.31. The van der Waals surface area contributed by atoms with Gasteiger partial charge in [0.05, 0.1) is 10.4 Å². The van der Waals surface area contributed by atoms with E-state index in [1.165, 1.54) is 0 Å². The Morgan fingerprint density at radius 2 is 1.95 bits per heavy atom. The molecule has 0 aliphatic carbocycles. The van der Waals surface area contributed by atoms with E-state index in [1.54, 1.807) is 6.20 Å². The molecule has 0 aromatic carbocycles. The first-order valence-electron chi connectivity index (χ1n) is 7.28. The summed E-state index contributed by atoms with van der Waals surface area (Å²) in [4.78, 5) is 18.2. The first-order valence-corrected chi connectivity index (χ1v) is 7.65. The molecule has 4 rings (SSSR count). The molecule has 0 spiro atoms. The molecule has 0 unspecified atom stereocenters. The topological polar surface area (TPSA) is 58.3 Å². The van der Waals surface area contributed by atoms with Gasteiger partial charge < -0.3 is 14.2 Å². The number of pyridine rings is 2. The van der Waals surface area contributed by atoms with E-state index in [1.807, 2.05) is 13.0 Å². The monoisotopic (exact) mass is 317 g/mol. The van der Waals surface area contributed by atoms with E-state index in [2.05, 4.69) is 26.8 Å². The van der Waals surface area contributed by atoms with Crippen molar-refractivity contribution >= 4 is 39.6 Å². The molecule has 114 valence electrons. The van der Waals surface area contributed by atoms with Crippen LogP contribution >= 0.6 is 11.6 Å². The third-order valence-electron chi connectivity index (χ3n) is 4.04. The maximum atomic E-state index is 6.06. The van der Waals surface area contributed by atoms with Crippen molar-refractivity contribution in [2.24, 2.45) is 0 Å². The molecule has 3 aromatic rings. The number of halogens is 1. The summed E-state index contributed by atoms with van der Waals surface area (Å²) in [6.07, 6.45) is 1.61. The van der Waals surface area contributed by atoms with Gasteiger partial charge in [0, 0.05) is 39.3 Å². The first kappa shape index (κ1) is 13.7. The molecule has 1 aliphatic heterocycles. The fourth-order valence-electron chi connectivity index (χ4n) is 2.84. The number of hydrogen-bond donors (Lipinski definition) is 0. The van der Waals surface area contributed by atoms with Crippen molar-refractivity contribution in [2.75, 3.05) is 38.1 Å². The Hall–Kier alpha value is -1.92. The first-order chi connectivity index (χ1) is 10.6. The Morgan fingerprint density at radius 3 is 2.73 bits per heavy atom. The minimum atomic E-state index is 0.567. The molecule has 6 nitrogen and oxygen atoms in total. The van der Waals surface area contributed by atoms with Gasteiger partial charge in [0.2, 0.25) is 0 Å². The van der Waals surface area contributed by atoms with Gasteiger partial charge in [0.15, 0.2) is 28.5 Å². The standard InChI is InChI=1S/C15H16ClN5O/c1-9-18-12-13(22-9)11-7-10(16)8-17-14(11)19-15(12)21-5-3-20(2)4-6-21/h7-8H,3-6H2,1-2H3. The van der Waals surface area contributed by atoms with Crippen LogP contribution in [0.5, 0.6) is 0 Å². The van der Waals surface area contributed by atoms with Crippen LogP contribution in [0.1, 0.15) is 5.89 Å². The molecule has 0 radical (unpaired) electrons. The van der Waals surface area contributed by atoms with Gasteiger partial charge in [-0.05, 0) is 13.1 Å². The molecule has 1 fully saturated rings. The summed E-state index contributed by atoms with van der Waals surface area (Å²) < 4.78 is 5.80. The molecule has 0 bridgehead atoms. The van der Waals surface area contributed by atoms with Crippen LogP contribution in [0.3, 0.4) is 0 Å². The van der Waals surface area contributed by atoms with Crippen LogP contribution in [-0.2, 0) is 0 Å². The predicted molar refractivity (Wildman–Crippen MR) is 86.6 cm³/mol. The summed E-state index contributed by atoms with van der Waals surface area (Å²) in [6, 6.07) is 1.83. The highest BCUT2D eigenvalue weighted by atomic mass is 35.5. The fraction of sp³-hybridized carbons (Fsp3) is 0.400. The second-order valence-corrected chi connectivity index (χ2v) is 6.10. The van der Waals surface area contributed by atoms with Crippen molar-refractivity contribution in [3.63, 3.8) is 0 Å². The molecule has 22 heavy (non-hydrogen) atoms. The molecule has 1 saturated heterocycles. The Balaban J connectivity index is 1.94. The number of hydrogen-bond acceptors (Lipinski definition) is 6. The van der Waals surface area contributed by atoms with E-state index in [-0.39, 0.29) is 0 Å². The summed E-state index contributed by atoms with van der Waals surface area (Å²) in [5, 5.41) is 1.37. The highest BCUT2D eigenvalue weighted by Gasteiger charge is 2.22. The SMILES string of the molecule is Cc1nc2c(N3CCN(C)CC3)nc3ncc(Cl)cc3c2o1. The number of fused-ring (bicyclic) bond motifs is 3. The number of piperazine rings is 1. The third kappa shape index (κ3) is 2.19. The van der Waals surface area contributed by atoms with Gasteiger partial charge in [-0.15, -0.1) is 0 Å². The minimum Gasteiger partial charge on any atom is -0.440 e. The van der Waals surface area contributed by atoms with E-state index in [0.717, 1.165) is 42.9 Å². The average Bonchev–Trinajstić information content (AvgIpc) is 2.89. The zero-order valence-corrected chi connectivity index (χ0v) is 13.3. The largest absolute Gasteiger partial charge is 0.440 e. The van der Waals surface area contributed by atoms with Gasteiger partial charge in [-0.3, -0.25) is 0 Å². The lowest BCUT2D eigenvalue weighted by Crippen LogP contribution is -2.44. The lowest BCUT2D eigenvalue weighted by atomic mass is 10.2. The zero-order valence-electron chi connectivity index (χ0n) is 12.5. The van der Waals surface area contributed by atoms with E-state index >= 15 is 0 Å². The lowest BCUT2D eigenvalue weighted by Gasteiger charge is -2.33. The van der Waals surface area contributed by atoms with Crippen LogP contribution < -0.4 is 4.90 Å². The van der Waals surface area contributed by atoms with Crippen LogP contribution in [0.15, 0.2) is 16.7 Å². The number of likely N-dealkylation sites (N-methyl/N-ethyl adjacent to an activating group) is 1. The number of nitrogens with zero attached hydrogens (tertiary/aromatic N) is 5. The normalized spacial score (nSPS) is 16.8. The Morgan fingerprint density at radius 1 is 1.18 bits per heavy atom. The van der Waals surface area contributed by atoms with E-state index < -0.39 is 0 Å². The van der Waals surface area contributed by atoms with Crippen LogP contribution in [0.25, 0.3) is 22.1 Å². The van der Waals surface area contributed by atoms with Gasteiger partial charge >= 0.3 is 0 Å². The van der Waals surface area contributed by atoms with Gasteiger partial charge in [-0.1, -0.05) is 11.6 Å². The van der Waals surface area contributed by atoms with Crippen LogP contribution in [0.2, 0.25) is 5.02 Å². The zero-order chi connectivity index (χ0) is 15.3. The Labute approximate surface area is 132 Å². The molecule has 0 amide bonds.